The Kier molecular flexibility index (Phi) is 6.41. The molecule has 1 unspecified atom stereocenters. The molecule has 1 nitrogen and oxygen atoms in total. The van der Waals surface area contributed by atoms with Crippen molar-refractivity contribution in [2.75, 3.05) is 13.1 Å². The molecule has 96 valence electrons. The van der Waals surface area contributed by atoms with E-state index in [1.165, 1.54) is 51.6 Å². The van der Waals surface area contributed by atoms with E-state index in [4.69, 9.17) is 0 Å². The molecule has 0 heterocycles. The van der Waals surface area contributed by atoms with Crippen LogP contribution in [0.5, 0.6) is 0 Å². The summed E-state index contributed by atoms with van der Waals surface area (Å²) in [6.45, 7) is 12.1. The van der Waals surface area contributed by atoms with Gasteiger partial charge in [-0.2, -0.15) is 0 Å². The molecule has 0 saturated heterocycles. The van der Waals surface area contributed by atoms with E-state index in [1.807, 2.05) is 0 Å². The SMILES string of the molecule is CCCCC(C)N(CC(C)C)CC1CCC1. The first-order chi connectivity index (χ1) is 7.63. The quantitative estimate of drug-likeness (QED) is 0.594. The van der Waals surface area contributed by atoms with Crippen LogP contribution in [-0.2, 0) is 0 Å². The van der Waals surface area contributed by atoms with Crippen molar-refractivity contribution >= 4 is 0 Å². The highest BCUT2D eigenvalue weighted by Gasteiger charge is 2.23. The Hall–Kier alpha value is -0.0400. The summed E-state index contributed by atoms with van der Waals surface area (Å²) in [4.78, 5) is 2.75. The van der Waals surface area contributed by atoms with Crippen LogP contribution >= 0.6 is 0 Å². The van der Waals surface area contributed by atoms with Crippen LogP contribution in [0.2, 0.25) is 0 Å². The Morgan fingerprint density at radius 1 is 1.19 bits per heavy atom. The van der Waals surface area contributed by atoms with Crippen LogP contribution in [0.4, 0.5) is 0 Å². The molecule has 0 spiro atoms. The van der Waals surface area contributed by atoms with Gasteiger partial charge in [0, 0.05) is 19.1 Å². The Morgan fingerprint density at radius 2 is 1.88 bits per heavy atom. The molecule has 1 rings (SSSR count). The van der Waals surface area contributed by atoms with E-state index in [2.05, 4.69) is 32.6 Å². The lowest BCUT2D eigenvalue weighted by Gasteiger charge is -2.37. The number of nitrogens with zero attached hydrogens (tertiary/aromatic N) is 1. The third kappa shape index (κ3) is 4.86. The first kappa shape index (κ1) is 14.0. The van der Waals surface area contributed by atoms with Crippen molar-refractivity contribution in [3.63, 3.8) is 0 Å². The number of hydrogen-bond donors (Lipinski definition) is 0. The molecule has 0 aromatic rings. The van der Waals surface area contributed by atoms with Crippen LogP contribution in [0.15, 0.2) is 0 Å². The molecule has 0 aromatic carbocycles. The Bertz CT molecular complexity index is 172. The highest BCUT2D eigenvalue weighted by atomic mass is 15.2. The molecule has 1 fully saturated rings. The first-order valence-corrected chi connectivity index (χ1v) is 7.37. The van der Waals surface area contributed by atoms with E-state index in [1.54, 1.807) is 0 Å². The fourth-order valence-corrected chi connectivity index (χ4v) is 2.59. The minimum absolute atomic E-state index is 0.794. The highest BCUT2D eigenvalue weighted by Crippen LogP contribution is 2.28. The Morgan fingerprint density at radius 3 is 2.31 bits per heavy atom. The second-order valence-corrected chi connectivity index (χ2v) is 6.14. The maximum Gasteiger partial charge on any atom is 0.00671 e. The molecule has 0 aliphatic heterocycles. The van der Waals surface area contributed by atoms with Gasteiger partial charge in [0.25, 0.3) is 0 Å². The van der Waals surface area contributed by atoms with Crippen LogP contribution in [0.1, 0.15) is 66.2 Å². The Balaban J connectivity index is 2.34. The van der Waals surface area contributed by atoms with E-state index in [0.29, 0.717) is 0 Å². The maximum absolute atomic E-state index is 2.75. The fourth-order valence-electron chi connectivity index (χ4n) is 2.59. The van der Waals surface area contributed by atoms with Gasteiger partial charge >= 0.3 is 0 Å². The summed E-state index contributed by atoms with van der Waals surface area (Å²) in [5.41, 5.74) is 0. The van der Waals surface area contributed by atoms with Gasteiger partial charge in [-0.05, 0) is 38.0 Å². The number of hydrogen-bond acceptors (Lipinski definition) is 1. The van der Waals surface area contributed by atoms with E-state index in [-0.39, 0.29) is 0 Å². The zero-order chi connectivity index (χ0) is 12.0. The maximum atomic E-state index is 2.75. The molecule has 0 bridgehead atoms. The van der Waals surface area contributed by atoms with E-state index >= 15 is 0 Å². The number of unbranched alkanes of at least 4 members (excludes halogenated alkanes) is 1. The van der Waals surface area contributed by atoms with Crippen molar-refractivity contribution in [2.45, 2.75) is 72.3 Å². The van der Waals surface area contributed by atoms with Gasteiger partial charge in [0.1, 0.15) is 0 Å². The zero-order valence-corrected chi connectivity index (χ0v) is 11.8. The zero-order valence-electron chi connectivity index (χ0n) is 11.8. The van der Waals surface area contributed by atoms with E-state index in [9.17, 15) is 0 Å². The molecule has 0 radical (unpaired) electrons. The van der Waals surface area contributed by atoms with Gasteiger partial charge in [-0.15, -0.1) is 0 Å². The van der Waals surface area contributed by atoms with Gasteiger partial charge in [-0.25, -0.2) is 0 Å². The van der Waals surface area contributed by atoms with Gasteiger partial charge in [0.05, 0.1) is 0 Å². The van der Waals surface area contributed by atoms with Crippen LogP contribution in [0.3, 0.4) is 0 Å². The monoisotopic (exact) mass is 225 g/mol. The summed E-state index contributed by atoms with van der Waals surface area (Å²) in [6, 6.07) is 0.794. The van der Waals surface area contributed by atoms with Gasteiger partial charge in [0.2, 0.25) is 0 Å². The molecule has 1 aliphatic rings. The molecule has 0 aromatic heterocycles. The summed E-state index contributed by atoms with van der Waals surface area (Å²) in [5.74, 6) is 1.83. The van der Waals surface area contributed by atoms with E-state index < -0.39 is 0 Å². The minimum atomic E-state index is 0.794. The van der Waals surface area contributed by atoms with Gasteiger partial charge in [-0.3, -0.25) is 0 Å². The van der Waals surface area contributed by atoms with Crippen LogP contribution in [0.25, 0.3) is 0 Å². The second kappa shape index (κ2) is 7.32. The smallest absolute Gasteiger partial charge is 0.00671 e. The highest BCUT2D eigenvalue weighted by molar-refractivity contribution is 4.77. The number of rotatable bonds is 8. The summed E-state index contributed by atoms with van der Waals surface area (Å²) in [6.07, 6.45) is 8.55. The van der Waals surface area contributed by atoms with Crippen molar-refractivity contribution in [3.05, 3.63) is 0 Å². The fraction of sp³-hybridized carbons (Fsp3) is 1.00. The third-order valence-corrected chi connectivity index (χ3v) is 3.92. The predicted octanol–water partition coefficient (Wildman–Crippen LogP) is 4.32. The first-order valence-electron chi connectivity index (χ1n) is 7.37. The summed E-state index contributed by atoms with van der Waals surface area (Å²) < 4.78 is 0. The minimum Gasteiger partial charge on any atom is -0.300 e. The summed E-state index contributed by atoms with van der Waals surface area (Å²) in [5, 5.41) is 0. The van der Waals surface area contributed by atoms with Crippen LogP contribution < -0.4 is 0 Å². The van der Waals surface area contributed by atoms with Crippen LogP contribution in [-0.4, -0.2) is 24.0 Å². The van der Waals surface area contributed by atoms with Crippen molar-refractivity contribution in [1.29, 1.82) is 0 Å². The lowest BCUT2D eigenvalue weighted by molar-refractivity contribution is 0.120. The average Bonchev–Trinajstić information content (AvgIpc) is 2.17. The molecule has 0 amide bonds. The second-order valence-electron chi connectivity index (χ2n) is 6.14. The van der Waals surface area contributed by atoms with Crippen LogP contribution in [0, 0.1) is 11.8 Å². The molecule has 1 heteroatoms. The average molecular weight is 225 g/mol. The normalized spacial score (nSPS) is 19.1. The third-order valence-electron chi connectivity index (χ3n) is 3.92. The molecule has 16 heavy (non-hydrogen) atoms. The summed E-state index contributed by atoms with van der Waals surface area (Å²) in [7, 11) is 0. The van der Waals surface area contributed by atoms with Gasteiger partial charge in [0.15, 0.2) is 0 Å². The molecule has 1 atom stereocenters. The van der Waals surface area contributed by atoms with Crippen molar-refractivity contribution in [1.82, 2.24) is 4.90 Å². The lowest BCUT2D eigenvalue weighted by atomic mass is 9.84. The van der Waals surface area contributed by atoms with Gasteiger partial charge in [-0.1, -0.05) is 40.0 Å². The molecular weight excluding hydrogens is 194 g/mol. The van der Waals surface area contributed by atoms with Crippen molar-refractivity contribution < 1.29 is 0 Å². The van der Waals surface area contributed by atoms with Gasteiger partial charge < -0.3 is 4.90 Å². The molecule has 1 saturated carbocycles. The van der Waals surface area contributed by atoms with E-state index in [0.717, 1.165) is 17.9 Å². The molecule has 1 aliphatic carbocycles. The largest absolute Gasteiger partial charge is 0.300 e. The molecule has 0 N–H and O–H groups in total. The van der Waals surface area contributed by atoms with Crippen molar-refractivity contribution in [3.8, 4) is 0 Å². The molecular formula is C15H31N. The summed E-state index contributed by atoms with van der Waals surface area (Å²) >= 11 is 0. The standard InChI is InChI=1S/C15H31N/c1-5-6-8-14(4)16(11-13(2)3)12-15-9-7-10-15/h13-15H,5-12H2,1-4H3. The topological polar surface area (TPSA) is 3.24 Å². The lowest BCUT2D eigenvalue weighted by Crippen LogP contribution is -2.41. The van der Waals surface area contributed by atoms with Crippen molar-refractivity contribution in [2.24, 2.45) is 11.8 Å². The Labute approximate surface area is 103 Å². The predicted molar refractivity (Wildman–Crippen MR) is 72.7 cm³/mol.